The first kappa shape index (κ1) is 11.9. The summed E-state index contributed by atoms with van der Waals surface area (Å²) >= 11 is 0. The molecule has 4 rings (SSSR count). The Kier molecular flexibility index (Phi) is 2.42. The van der Waals surface area contributed by atoms with Crippen molar-refractivity contribution in [2.45, 2.75) is 0 Å². The highest BCUT2D eigenvalue weighted by molar-refractivity contribution is 6.15. The number of hydrogen-bond acceptors (Lipinski definition) is 2. The zero-order valence-corrected chi connectivity index (χ0v) is 11.3. The van der Waals surface area contributed by atoms with Gasteiger partial charge in [-0.1, -0.05) is 30.3 Å². The van der Waals surface area contributed by atoms with E-state index in [2.05, 4.69) is 17.1 Å². The van der Waals surface area contributed by atoms with Crippen LogP contribution in [0.3, 0.4) is 0 Å². The number of nitrogens with one attached hydrogen (secondary N) is 1. The van der Waals surface area contributed by atoms with Crippen molar-refractivity contribution < 1.29 is 5.11 Å². The Labute approximate surface area is 121 Å². The highest BCUT2D eigenvalue weighted by atomic mass is 16.3. The summed E-state index contributed by atoms with van der Waals surface area (Å²) in [4.78, 5) is 3.41. The minimum atomic E-state index is 0.262. The number of nitrogen functional groups attached to an aromatic ring is 1. The second-order valence-electron chi connectivity index (χ2n) is 5.21. The molecule has 1 aromatic heterocycles. The summed E-state index contributed by atoms with van der Waals surface area (Å²) < 4.78 is 0. The number of aromatic nitrogens is 1. The second kappa shape index (κ2) is 4.28. The lowest BCUT2D eigenvalue weighted by Crippen LogP contribution is -1.87. The summed E-state index contributed by atoms with van der Waals surface area (Å²) in [6.07, 6.45) is 0. The van der Waals surface area contributed by atoms with Crippen LogP contribution in [-0.2, 0) is 0 Å². The molecule has 0 saturated heterocycles. The van der Waals surface area contributed by atoms with E-state index in [1.165, 1.54) is 5.39 Å². The van der Waals surface area contributed by atoms with Gasteiger partial charge in [-0.05, 0) is 41.5 Å². The topological polar surface area (TPSA) is 62.0 Å². The van der Waals surface area contributed by atoms with Crippen LogP contribution in [0.15, 0.2) is 60.7 Å². The predicted molar refractivity (Wildman–Crippen MR) is 87.3 cm³/mol. The van der Waals surface area contributed by atoms with Crippen LogP contribution in [0.1, 0.15) is 0 Å². The molecule has 0 amide bonds. The number of nitrogens with two attached hydrogens (primary N) is 1. The molecule has 0 radical (unpaired) electrons. The smallest absolute Gasteiger partial charge is 0.115 e. The molecule has 0 unspecified atom stereocenters. The van der Waals surface area contributed by atoms with Gasteiger partial charge in [0.2, 0.25) is 0 Å². The first-order valence-corrected chi connectivity index (χ1v) is 6.82. The van der Waals surface area contributed by atoms with E-state index >= 15 is 0 Å². The Morgan fingerprint density at radius 1 is 0.857 bits per heavy atom. The van der Waals surface area contributed by atoms with Gasteiger partial charge in [-0.25, -0.2) is 0 Å². The van der Waals surface area contributed by atoms with Gasteiger partial charge in [-0.3, -0.25) is 0 Å². The van der Waals surface area contributed by atoms with Crippen molar-refractivity contribution in [3.05, 3.63) is 60.7 Å². The fourth-order valence-corrected chi connectivity index (χ4v) is 2.88. The Morgan fingerprint density at radius 2 is 1.62 bits per heavy atom. The highest BCUT2D eigenvalue weighted by Gasteiger charge is 2.11. The Bertz CT molecular complexity index is 952. The number of phenolic OH excluding ortho intramolecular Hbond substituents is 1. The Balaban J connectivity index is 2.13. The van der Waals surface area contributed by atoms with Gasteiger partial charge in [-0.2, -0.15) is 0 Å². The van der Waals surface area contributed by atoms with Gasteiger partial charge in [0.15, 0.2) is 0 Å². The molecular weight excluding hydrogens is 260 g/mol. The van der Waals surface area contributed by atoms with Gasteiger partial charge in [0.1, 0.15) is 5.75 Å². The van der Waals surface area contributed by atoms with E-state index in [0.717, 1.165) is 33.2 Å². The molecule has 0 saturated carbocycles. The van der Waals surface area contributed by atoms with Crippen molar-refractivity contribution >= 4 is 27.5 Å². The van der Waals surface area contributed by atoms with E-state index in [9.17, 15) is 5.11 Å². The molecule has 4 aromatic rings. The lowest BCUT2D eigenvalue weighted by Gasteiger charge is -2.06. The van der Waals surface area contributed by atoms with Gasteiger partial charge < -0.3 is 15.8 Å². The lowest BCUT2D eigenvalue weighted by atomic mass is 9.98. The fourth-order valence-electron chi connectivity index (χ4n) is 2.88. The molecule has 0 aliphatic heterocycles. The van der Waals surface area contributed by atoms with E-state index in [1.54, 1.807) is 12.1 Å². The molecule has 3 heteroatoms. The highest BCUT2D eigenvalue weighted by Crippen LogP contribution is 2.36. The van der Waals surface area contributed by atoms with Crippen molar-refractivity contribution in [3.8, 4) is 16.9 Å². The van der Waals surface area contributed by atoms with Crippen LogP contribution < -0.4 is 5.73 Å². The molecule has 102 valence electrons. The number of hydrogen-bond donors (Lipinski definition) is 3. The molecule has 0 aliphatic carbocycles. The largest absolute Gasteiger partial charge is 0.508 e. The predicted octanol–water partition coefficient (Wildman–Crippen LogP) is 4.28. The van der Waals surface area contributed by atoms with Crippen molar-refractivity contribution in [2.24, 2.45) is 0 Å². The number of aromatic hydroxyl groups is 1. The van der Waals surface area contributed by atoms with Crippen LogP contribution in [0.5, 0.6) is 5.75 Å². The fraction of sp³-hybridized carbons (Fsp3) is 0. The van der Waals surface area contributed by atoms with E-state index in [4.69, 9.17) is 5.73 Å². The first-order chi connectivity index (χ1) is 10.2. The van der Waals surface area contributed by atoms with E-state index in [0.29, 0.717) is 0 Å². The third-order valence-electron chi connectivity index (χ3n) is 3.80. The van der Waals surface area contributed by atoms with Crippen molar-refractivity contribution in [1.82, 2.24) is 4.98 Å². The van der Waals surface area contributed by atoms with Crippen molar-refractivity contribution in [1.29, 1.82) is 0 Å². The normalized spacial score (nSPS) is 11.2. The van der Waals surface area contributed by atoms with Gasteiger partial charge in [0.05, 0.1) is 0 Å². The molecule has 0 spiro atoms. The van der Waals surface area contributed by atoms with Crippen LogP contribution in [0.2, 0.25) is 0 Å². The molecule has 3 aromatic carbocycles. The third-order valence-corrected chi connectivity index (χ3v) is 3.80. The standard InChI is InChI=1S/C18H14N2O/c19-12-9-15(11-5-7-13(21)8-6-11)18-14-3-1-2-4-16(14)20-17(18)10-12/h1-10,20-21H,19H2. The van der Waals surface area contributed by atoms with Gasteiger partial charge in [-0.15, -0.1) is 0 Å². The Morgan fingerprint density at radius 3 is 2.43 bits per heavy atom. The maximum Gasteiger partial charge on any atom is 0.115 e. The zero-order chi connectivity index (χ0) is 14.4. The lowest BCUT2D eigenvalue weighted by molar-refractivity contribution is 0.475. The zero-order valence-electron chi connectivity index (χ0n) is 11.3. The van der Waals surface area contributed by atoms with E-state index in [-0.39, 0.29) is 5.75 Å². The maximum absolute atomic E-state index is 9.47. The van der Waals surface area contributed by atoms with E-state index in [1.807, 2.05) is 36.4 Å². The quantitative estimate of drug-likeness (QED) is 0.454. The average molecular weight is 274 g/mol. The number of H-pyrrole nitrogens is 1. The number of fused-ring (bicyclic) bond motifs is 3. The Hall–Kier alpha value is -2.94. The number of benzene rings is 3. The molecular formula is C18H14N2O. The first-order valence-electron chi connectivity index (χ1n) is 6.82. The molecule has 1 heterocycles. The van der Waals surface area contributed by atoms with E-state index < -0.39 is 0 Å². The number of anilines is 1. The van der Waals surface area contributed by atoms with Crippen LogP contribution in [-0.4, -0.2) is 10.1 Å². The number of rotatable bonds is 1. The van der Waals surface area contributed by atoms with Crippen LogP contribution in [0, 0.1) is 0 Å². The summed E-state index contributed by atoms with van der Waals surface area (Å²) in [5, 5.41) is 11.8. The summed E-state index contributed by atoms with van der Waals surface area (Å²) in [6.45, 7) is 0. The van der Waals surface area contributed by atoms with Gasteiger partial charge in [0.25, 0.3) is 0 Å². The average Bonchev–Trinajstić information content (AvgIpc) is 2.85. The number of phenols is 1. The van der Waals surface area contributed by atoms with Crippen LogP contribution in [0.25, 0.3) is 32.9 Å². The third kappa shape index (κ3) is 1.82. The maximum atomic E-state index is 9.47. The van der Waals surface area contributed by atoms with Crippen molar-refractivity contribution in [2.75, 3.05) is 5.73 Å². The van der Waals surface area contributed by atoms with Gasteiger partial charge >= 0.3 is 0 Å². The summed E-state index contributed by atoms with van der Waals surface area (Å²) in [5.74, 6) is 0.262. The SMILES string of the molecule is Nc1cc(-c2ccc(O)cc2)c2c(c1)[nH]c1ccccc12. The monoisotopic (exact) mass is 274 g/mol. The molecule has 0 aliphatic rings. The second-order valence-corrected chi connectivity index (χ2v) is 5.21. The minimum Gasteiger partial charge on any atom is -0.508 e. The summed E-state index contributed by atoms with van der Waals surface area (Å²) in [5.41, 5.74) is 11.0. The molecule has 0 atom stereocenters. The molecule has 21 heavy (non-hydrogen) atoms. The molecule has 0 bridgehead atoms. The minimum absolute atomic E-state index is 0.262. The number of para-hydroxylation sites is 1. The summed E-state index contributed by atoms with van der Waals surface area (Å²) in [7, 11) is 0. The van der Waals surface area contributed by atoms with Crippen molar-refractivity contribution in [3.63, 3.8) is 0 Å². The van der Waals surface area contributed by atoms with Crippen LogP contribution >= 0.6 is 0 Å². The molecule has 0 fully saturated rings. The van der Waals surface area contributed by atoms with Crippen LogP contribution in [0.4, 0.5) is 5.69 Å². The number of aromatic amines is 1. The molecule has 4 N–H and O–H groups in total. The summed E-state index contributed by atoms with van der Waals surface area (Å²) in [6, 6.07) is 19.4. The molecule has 3 nitrogen and oxygen atoms in total. The van der Waals surface area contributed by atoms with Gasteiger partial charge in [0, 0.05) is 27.5 Å².